The van der Waals surface area contributed by atoms with Crippen LogP contribution < -0.4 is 5.32 Å². The molecule has 1 amide bonds. The number of carbonyl (C=O) groups is 2. The highest BCUT2D eigenvalue weighted by Crippen LogP contribution is 2.20. The lowest BCUT2D eigenvalue weighted by Crippen LogP contribution is -2.45. The van der Waals surface area contributed by atoms with E-state index in [0.717, 1.165) is 38.5 Å². The van der Waals surface area contributed by atoms with Gasteiger partial charge in [0, 0.05) is 12.8 Å². The van der Waals surface area contributed by atoms with Gasteiger partial charge in [-0.05, 0) is 32.1 Å². The number of nitrogens with one attached hydrogen (secondary N) is 1. The molecule has 500 valence electrons. The van der Waals surface area contributed by atoms with Crippen LogP contribution in [0.3, 0.4) is 0 Å². The topological polar surface area (TPSA) is 95.9 Å². The zero-order valence-electron chi connectivity index (χ0n) is 57.4. The van der Waals surface area contributed by atoms with Crippen molar-refractivity contribution in [3.8, 4) is 0 Å². The van der Waals surface area contributed by atoms with Crippen LogP contribution in [0, 0.1) is 0 Å². The van der Waals surface area contributed by atoms with Crippen LogP contribution in [0.25, 0.3) is 0 Å². The van der Waals surface area contributed by atoms with Crippen molar-refractivity contribution >= 4 is 11.9 Å². The van der Waals surface area contributed by atoms with Crippen molar-refractivity contribution < 1.29 is 24.5 Å². The van der Waals surface area contributed by atoms with Gasteiger partial charge in [-0.3, -0.25) is 9.59 Å². The number of allylic oxidation sites excluding steroid dienone is 1. The largest absolute Gasteiger partial charge is 0.466 e. The van der Waals surface area contributed by atoms with Crippen molar-refractivity contribution in [1.82, 2.24) is 5.32 Å². The van der Waals surface area contributed by atoms with Gasteiger partial charge in [-0.25, -0.2) is 0 Å². The van der Waals surface area contributed by atoms with E-state index in [0.29, 0.717) is 19.4 Å². The molecular formula is C78H153NO5. The molecule has 0 aromatic carbocycles. The van der Waals surface area contributed by atoms with Crippen LogP contribution in [-0.2, 0) is 14.3 Å². The summed E-state index contributed by atoms with van der Waals surface area (Å²) in [6.07, 6.45) is 93.3. The lowest BCUT2D eigenvalue weighted by molar-refractivity contribution is -0.143. The molecule has 6 heteroatoms. The predicted molar refractivity (Wildman–Crippen MR) is 370 cm³/mol. The summed E-state index contributed by atoms with van der Waals surface area (Å²) in [4.78, 5) is 24.6. The molecule has 0 aromatic rings. The molecule has 2 unspecified atom stereocenters. The maximum Gasteiger partial charge on any atom is 0.305 e. The van der Waals surface area contributed by atoms with E-state index in [9.17, 15) is 19.8 Å². The number of esters is 1. The van der Waals surface area contributed by atoms with Gasteiger partial charge in [0.15, 0.2) is 0 Å². The number of carbonyl (C=O) groups excluding carboxylic acids is 2. The van der Waals surface area contributed by atoms with Gasteiger partial charge in [0.1, 0.15) is 0 Å². The van der Waals surface area contributed by atoms with E-state index < -0.39 is 12.1 Å². The lowest BCUT2D eigenvalue weighted by Gasteiger charge is -2.20. The number of rotatable bonds is 74. The number of amides is 1. The van der Waals surface area contributed by atoms with Crippen molar-refractivity contribution in [2.45, 2.75) is 463 Å². The highest BCUT2D eigenvalue weighted by atomic mass is 16.5. The lowest BCUT2D eigenvalue weighted by atomic mass is 10.0. The standard InChI is InChI=1S/C78H153NO5/c1-3-5-7-9-11-13-15-17-19-21-36-40-44-48-52-56-60-64-68-72-78(83)84-73-69-65-61-57-53-49-45-41-38-35-33-31-29-27-25-23-22-24-26-28-30-32-34-37-39-43-47-51-55-59-63-67-71-77(82)79-75(74-80)76(81)70-66-62-58-54-50-46-42-20-18-16-14-12-10-8-6-4-2/h66,70,75-76,80-81H,3-65,67-69,71-74H2,1-2H3,(H,79,82)/b70-66+. The average molecular weight is 1190 g/mol. The molecule has 6 nitrogen and oxygen atoms in total. The third-order valence-electron chi connectivity index (χ3n) is 18.6. The second-order valence-corrected chi connectivity index (χ2v) is 27.1. The highest BCUT2D eigenvalue weighted by molar-refractivity contribution is 5.76. The fourth-order valence-corrected chi connectivity index (χ4v) is 12.6. The van der Waals surface area contributed by atoms with Gasteiger partial charge < -0.3 is 20.3 Å². The Morgan fingerprint density at radius 2 is 0.548 bits per heavy atom. The van der Waals surface area contributed by atoms with E-state index in [-0.39, 0.29) is 18.5 Å². The van der Waals surface area contributed by atoms with Gasteiger partial charge >= 0.3 is 5.97 Å². The van der Waals surface area contributed by atoms with E-state index in [1.54, 1.807) is 6.08 Å². The van der Waals surface area contributed by atoms with Crippen LogP contribution in [0.2, 0.25) is 0 Å². The number of hydrogen-bond acceptors (Lipinski definition) is 5. The molecule has 0 saturated carbocycles. The average Bonchev–Trinajstić information content (AvgIpc) is 3.51. The molecule has 84 heavy (non-hydrogen) atoms. The van der Waals surface area contributed by atoms with Crippen LogP contribution in [0.1, 0.15) is 450 Å². The van der Waals surface area contributed by atoms with Crippen molar-refractivity contribution in [2.24, 2.45) is 0 Å². The van der Waals surface area contributed by atoms with Gasteiger partial charge in [-0.15, -0.1) is 0 Å². The molecule has 0 spiro atoms. The second kappa shape index (κ2) is 74.1. The van der Waals surface area contributed by atoms with E-state index in [1.807, 2.05) is 6.08 Å². The van der Waals surface area contributed by atoms with E-state index in [2.05, 4.69) is 19.2 Å². The summed E-state index contributed by atoms with van der Waals surface area (Å²) in [6, 6.07) is -0.624. The molecule has 0 aromatic heterocycles. The smallest absolute Gasteiger partial charge is 0.305 e. The number of unbranched alkanes of at least 4 members (excludes halogenated alkanes) is 63. The van der Waals surface area contributed by atoms with Crippen LogP contribution in [-0.4, -0.2) is 47.4 Å². The molecule has 0 fully saturated rings. The molecule has 3 N–H and O–H groups in total. The monoisotopic (exact) mass is 1180 g/mol. The Hall–Kier alpha value is -1.40. The molecule has 0 radical (unpaired) electrons. The van der Waals surface area contributed by atoms with Gasteiger partial charge in [-0.1, -0.05) is 418 Å². The summed E-state index contributed by atoms with van der Waals surface area (Å²) in [5, 5.41) is 23.2. The highest BCUT2D eigenvalue weighted by Gasteiger charge is 2.18. The summed E-state index contributed by atoms with van der Waals surface area (Å²) >= 11 is 0. The maximum absolute atomic E-state index is 12.5. The van der Waals surface area contributed by atoms with Crippen molar-refractivity contribution in [3.63, 3.8) is 0 Å². The Kier molecular flexibility index (Phi) is 72.8. The van der Waals surface area contributed by atoms with Crippen LogP contribution in [0.4, 0.5) is 0 Å². The molecule has 0 aliphatic carbocycles. The van der Waals surface area contributed by atoms with Gasteiger partial charge in [0.25, 0.3) is 0 Å². The Morgan fingerprint density at radius 3 is 0.810 bits per heavy atom. The minimum Gasteiger partial charge on any atom is -0.466 e. The molecule has 0 bridgehead atoms. The van der Waals surface area contributed by atoms with Gasteiger partial charge in [0.05, 0.1) is 25.4 Å². The molecule has 0 aliphatic rings. The van der Waals surface area contributed by atoms with Crippen LogP contribution >= 0.6 is 0 Å². The van der Waals surface area contributed by atoms with Crippen molar-refractivity contribution in [3.05, 3.63) is 12.2 Å². The zero-order chi connectivity index (χ0) is 60.6. The van der Waals surface area contributed by atoms with E-state index >= 15 is 0 Å². The molecule has 0 saturated heterocycles. The fourth-order valence-electron chi connectivity index (χ4n) is 12.6. The first-order valence-corrected chi connectivity index (χ1v) is 39.0. The first kappa shape index (κ1) is 82.6. The molecule has 0 heterocycles. The van der Waals surface area contributed by atoms with Crippen LogP contribution in [0.15, 0.2) is 12.2 Å². The fraction of sp³-hybridized carbons (Fsp3) is 0.949. The summed E-state index contributed by atoms with van der Waals surface area (Å²) < 4.78 is 5.52. The summed E-state index contributed by atoms with van der Waals surface area (Å²) in [5.74, 6) is -0.0327. The molecule has 0 aliphatic heterocycles. The predicted octanol–water partition coefficient (Wildman–Crippen LogP) is 25.5. The van der Waals surface area contributed by atoms with Crippen molar-refractivity contribution in [2.75, 3.05) is 13.2 Å². The van der Waals surface area contributed by atoms with E-state index in [1.165, 1.54) is 385 Å². The van der Waals surface area contributed by atoms with Gasteiger partial charge in [-0.2, -0.15) is 0 Å². The molecular weight excluding hydrogens is 1030 g/mol. The number of hydrogen-bond donors (Lipinski definition) is 3. The minimum atomic E-state index is -0.841. The summed E-state index contributed by atoms with van der Waals surface area (Å²) in [5.41, 5.74) is 0. The Morgan fingerprint density at radius 1 is 0.321 bits per heavy atom. The minimum absolute atomic E-state index is 0.0269. The maximum atomic E-state index is 12.5. The van der Waals surface area contributed by atoms with Crippen molar-refractivity contribution in [1.29, 1.82) is 0 Å². The third kappa shape index (κ3) is 69.7. The number of aliphatic hydroxyl groups excluding tert-OH is 2. The third-order valence-corrected chi connectivity index (χ3v) is 18.6. The van der Waals surface area contributed by atoms with Gasteiger partial charge in [0.2, 0.25) is 5.91 Å². The number of ether oxygens (including phenoxy) is 1. The Bertz CT molecular complexity index is 1270. The Balaban J connectivity index is 3.31. The van der Waals surface area contributed by atoms with Crippen LogP contribution in [0.5, 0.6) is 0 Å². The second-order valence-electron chi connectivity index (χ2n) is 27.1. The Labute approximate surface area is 527 Å². The first-order valence-electron chi connectivity index (χ1n) is 39.0. The number of aliphatic hydroxyl groups is 2. The zero-order valence-corrected chi connectivity index (χ0v) is 57.4. The van der Waals surface area contributed by atoms with E-state index in [4.69, 9.17) is 4.74 Å². The molecule has 2 atom stereocenters. The molecule has 0 rings (SSSR count). The SMILES string of the molecule is CCCCCCCCCCCCCCCC/C=C/C(O)C(CO)NC(=O)CCCCCCCCCCCCCCCCCCCCCCCCCCCCCCCCCCOC(=O)CCCCCCCCCCCCCCCCCCCCC. The quantitative estimate of drug-likeness (QED) is 0.0320. The first-order chi connectivity index (χ1) is 41.5. The summed E-state index contributed by atoms with van der Waals surface area (Å²) in [7, 11) is 0. The summed E-state index contributed by atoms with van der Waals surface area (Å²) in [6.45, 7) is 4.96. The normalized spacial score (nSPS) is 12.5.